The monoisotopic (exact) mass is 304 g/mol. The number of carbonyl (C=O) groups excluding carboxylic acids is 1. The summed E-state index contributed by atoms with van der Waals surface area (Å²) in [5.41, 5.74) is 0.739. The van der Waals surface area contributed by atoms with Crippen molar-refractivity contribution in [3.63, 3.8) is 0 Å². The molecule has 2 aliphatic heterocycles. The molecule has 2 fully saturated rings. The van der Waals surface area contributed by atoms with Gasteiger partial charge in [0.25, 0.3) is 0 Å². The first-order valence-corrected chi connectivity index (χ1v) is 8.06. The van der Waals surface area contributed by atoms with E-state index in [2.05, 4.69) is 5.32 Å². The fourth-order valence-electron chi connectivity index (χ4n) is 3.68. The predicted molar refractivity (Wildman–Crippen MR) is 85.3 cm³/mol. The minimum atomic E-state index is -0.0193. The molecule has 1 aromatic carbocycles. The Morgan fingerprint density at radius 1 is 1.27 bits per heavy atom. The van der Waals surface area contributed by atoms with Crippen molar-refractivity contribution in [1.82, 2.24) is 4.90 Å². The van der Waals surface area contributed by atoms with Crippen molar-refractivity contribution in [2.75, 3.05) is 19.0 Å². The van der Waals surface area contributed by atoms with Gasteiger partial charge in [0.2, 0.25) is 0 Å². The SMILES string of the molecule is CCOc1ccccc1NC(=O)N1C2CCC1CC(OC)C2. The number of methoxy groups -OCH3 is 1. The van der Waals surface area contributed by atoms with E-state index in [0.717, 1.165) is 37.1 Å². The summed E-state index contributed by atoms with van der Waals surface area (Å²) in [6, 6.07) is 8.15. The zero-order valence-corrected chi connectivity index (χ0v) is 13.2. The Labute approximate surface area is 131 Å². The van der Waals surface area contributed by atoms with E-state index in [1.54, 1.807) is 7.11 Å². The molecule has 0 spiro atoms. The third kappa shape index (κ3) is 2.90. The Balaban J connectivity index is 1.71. The largest absolute Gasteiger partial charge is 0.492 e. The Kier molecular flexibility index (Phi) is 4.52. The van der Waals surface area contributed by atoms with Gasteiger partial charge in [0.05, 0.1) is 18.4 Å². The summed E-state index contributed by atoms with van der Waals surface area (Å²) >= 11 is 0. The second-order valence-corrected chi connectivity index (χ2v) is 5.98. The first-order chi connectivity index (χ1) is 10.7. The lowest BCUT2D eigenvalue weighted by molar-refractivity contribution is 0.0232. The lowest BCUT2D eigenvalue weighted by Gasteiger charge is -2.38. The van der Waals surface area contributed by atoms with Crippen LogP contribution in [0.2, 0.25) is 0 Å². The highest BCUT2D eigenvalue weighted by Crippen LogP contribution is 2.37. The highest BCUT2D eigenvalue weighted by atomic mass is 16.5. The fourth-order valence-corrected chi connectivity index (χ4v) is 3.68. The predicted octanol–water partition coefficient (Wildman–Crippen LogP) is 3.26. The molecule has 2 heterocycles. The minimum absolute atomic E-state index is 0.0193. The average molecular weight is 304 g/mol. The van der Waals surface area contributed by atoms with Gasteiger partial charge in [-0.05, 0) is 44.7 Å². The van der Waals surface area contributed by atoms with E-state index in [9.17, 15) is 4.79 Å². The van der Waals surface area contributed by atoms with Gasteiger partial charge in [-0.25, -0.2) is 4.79 Å². The molecule has 1 N–H and O–H groups in total. The Bertz CT molecular complexity index is 520. The van der Waals surface area contributed by atoms with Crippen molar-refractivity contribution in [3.05, 3.63) is 24.3 Å². The second kappa shape index (κ2) is 6.57. The molecule has 2 aliphatic rings. The van der Waals surface area contributed by atoms with E-state index in [4.69, 9.17) is 9.47 Å². The molecule has 1 aromatic rings. The van der Waals surface area contributed by atoms with Gasteiger partial charge in [-0.2, -0.15) is 0 Å². The van der Waals surface area contributed by atoms with Crippen LogP contribution in [0.5, 0.6) is 5.75 Å². The molecular formula is C17H24N2O3. The van der Waals surface area contributed by atoms with Crippen LogP contribution in [0.25, 0.3) is 0 Å². The maximum Gasteiger partial charge on any atom is 0.322 e. The molecule has 0 aliphatic carbocycles. The molecule has 5 heteroatoms. The summed E-state index contributed by atoms with van der Waals surface area (Å²) < 4.78 is 11.1. The van der Waals surface area contributed by atoms with Crippen molar-refractivity contribution in [2.24, 2.45) is 0 Å². The number of para-hydroxylation sites is 2. The zero-order valence-electron chi connectivity index (χ0n) is 13.2. The van der Waals surface area contributed by atoms with Crippen LogP contribution in [0, 0.1) is 0 Å². The quantitative estimate of drug-likeness (QED) is 0.929. The number of hydrogen-bond donors (Lipinski definition) is 1. The number of piperidine rings is 1. The number of hydrogen-bond acceptors (Lipinski definition) is 3. The molecule has 2 atom stereocenters. The third-order valence-corrected chi connectivity index (χ3v) is 4.69. The topological polar surface area (TPSA) is 50.8 Å². The van der Waals surface area contributed by atoms with E-state index >= 15 is 0 Å². The highest BCUT2D eigenvalue weighted by Gasteiger charge is 2.43. The number of fused-ring (bicyclic) bond motifs is 2. The van der Waals surface area contributed by atoms with Crippen LogP contribution in [-0.2, 0) is 4.74 Å². The van der Waals surface area contributed by atoms with Crippen molar-refractivity contribution in [2.45, 2.75) is 50.8 Å². The summed E-state index contributed by atoms with van der Waals surface area (Å²) in [6.07, 6.45) is 4.31. The van der Waals surface area contributed by atoms with Gasteiger partial charge in [-0.1, -0.05) is 12.1 Å². The first-order valence-electron chi connectivity index (χ1n) is 8.06. The molecular weight excluding hydrogens is 280 g/mol. The van der Waals surface area contributed by atoms with E-state index < -0.39 is 0 Å². The Morgan fingerprint density at radius 2 is 1.95 bits per heavy atom. The molecule has 3 rings (SSSR count). The van der Waals surface area contributed by atoms with Crippen molar-refractivity contribution in [1.29, 1.82) is 0 Å². The van der Waals surface area contributed by atoms with Gasteiger partial charge in [-0.15, -0.1) is 0 Å². The second-order valence-electron chi connectivity index (χ2n) is 5.98. The van der Waals surface area contributed by atoms with Gasteiger partial charge in [0, 0.05) is 19.2 Å². The molecule has 2 bridgehead atoms. The van der Waals surface area contributed by atoms with E-state index in [0.29, 0.717) is 18.7 Å². The lowest BCUT2D eigenvalue weighted by Crippen LogP contribution is -2.50. The van der Waals surface area contributed by atoms with E-state index in [1.165, 1.54) is 0 Å². The molecule has 0 aromatic heterocycles. The maximum atomic E-state index is 12.7. The van der Waals surface area contributed by atoms with Gasteiger partial charge in [-0.3, -0.25) is 0 Å². The molecule has 5 nitrogen and oxygen atoms in total. The Hall–Kier alpha value is -1.75. The molecule has 120 valence electrons. The fraction of sp³-hybridized carbons (Fsp3) is 0.588. The molecule has 2 unspecified atom stereocenters. The molecule has 22 heavy (non-hydrogen) atoms. The van der Waals surface area contributed by atoms with Crippen LogP contribution in [0.1, 0.15) is 32.6 Å². The summed E-state index contributed by atoms with van der Waals surface area (Å²) in [6.45, 7) is 2.52. The lowest BCUT2D eigenvalue weighted by atomic mass is 10.0. The summed E-state index contributed by atoms with van der Waals surface area (Å²) in [4.78, 5) is 14.7. The summed E-state index contributed by atoms with van der Waals surface area (Å²) in [5.74, 6) is 0.720. The van der Waals surface area contributed by atoms with Crippen LogP contribution in [-0.4, -0.2) is 42.8 Å². The molecule has 0 radical (unpaired) electrons. The van der Waals surface area contributed by atoms with Gasteiger partial charge < -0.3 is 19.7 Å². The number of amides is 2. The zero-order chi connectivity index (χ0) is 15.5. The van der Waals surface area contributed by atoms with Crippen LogP contribution in [0.4, 0.5) is 10.5 Å². The molecule has 0 saturated carbocycles. The normalized spacial score (nSPS) is 26.8. The smallest absolute Gasteiger partial charge is 0.322 e. The van der Waals surface area contributed by atoms with Gasteiger partial charge in [0.15, 0.2) is 0 Å². The van der Waals surface area contributed by atoms with E-state index in [-0.39, 0.29) is 12.1 Å². The molecule has 2 amide bonds. The van der Waals surface area contributed by atoms with E-state index in [1.807, 2.05) is 36.1 Å². The number of nitrogens with zero attached hydrogens (tertiary/aromatic N) is 1. The number of benzene rings is 1. The number of carbonyl (C=O) groups is 1. The maximum absolute atomic E-state index is 12.7. The number of nitrogens with one attached hydrogen (secondary N) is 1. The average Bonchev–Trinajstić information content (AvgIpc) is 2.80. The number of anilines is 1. The number of urea groups is 1. The molecule has 2 saturated heterocycles. The summed E-state index contributed by atoms with van der Waals surface area (Å²) in [7, 11) is 1.76. The highest BCUT2D eigenvalue weighted by molar-refractivity contribution is 5.91. The number of rotatable bonds is 4. The van der Waals surface area contributed by atoms with Crippen LogP contribution in [0.3, 0.4) is 0 Å². The van der Waals surface area contributed by atoms with Crippen LogP contribution < -0.4 is 10.1 Å². The van der Waals surface area contributed by atoms with Gasteiger partial charge in [0.1, 0.15) is 5.75 Å². The first kappa shape index (κ1) is 15.2. The standard InChI is InChI=1S/C17H24N2O3/c1-3-22-16-7-5-4-6-15(16)18-17(20)19-12-8-9-13(19)11-14(10-12)21-2/h4-7,12-14H,3,8-11H2,1-2H3,(H,18,20). The van der Waals surface area contributed by atoms with Crippen molar-refractivity contribution in [3.8, 4) is 5.75 Å². The van der Waals surface area contributed by atoms with Crippen LogP contribution >= 0.6 is 0 Å². The summed E-state index contributed by atoms with van der Waals surface area (Å²) in [5, 5.41) is 3.02. The van der Waals surface area contributed by atoms with Crippen molar-refractivity contribution >= 4 is 11.7 Å². The Morgan fingerprint density at radius 3 is 2.59 bits per heavy atom. The number of ether oxygens (including phenoxy) is 2. The third-order valence-electron chi connectivity index (χ3n) is 4.69. The van der Waals surface area contributed by atoms with Crippen molar-refractivity contribution < 1.29 is 14.3 Å². The minimum Gasteiger partial charge on any atom is -0.492 e. The van der Waals surface area contributed by atoms with Gasteiger partial charge >= 0.3 is 6.03 Å². The van der Waals surface area contributed by atoms with Crippen LogP contribution in [0.15, 0.2) is 24.3 Å².